The van der Waals surface area contributed by atoms with Crippen LogP contribution in [0, 0.1) is 0 Å². The molecule has 0 saturated carbocycles. The van der Waals surface area contributed by atoms with Gasteiger partial charge in [-0.1, -0.05) is 49.4 Å². The lowest BCUT2D eigenvalue weighted by atomic mass is 10.0. The summed E-state index contributed by atoms with van der Waals surface area (Å²) in [6.45, 7) is 2.76. The van der Waals surface area contributed by atoms with Crippen molar-refractivity contribution in [3.05, 3.63) is 54.9 Å². The van der Waals surface area contributed by atoms with Crippen molar-refractivity contribution in [2.75, 3.05) is 13.7 Å². The summed E-state index contributed by atoms with van der Waals surface area (Å²) >= 11 is 0. The van der Waals surface area contributed by atoms with Crippen LogP contribution in [-0.4, -0.2) is 33.6 Å². The quantitative estimate of drug-likeness (QED) is 0.518. The van der Waals surface area contributed by atoms with Gasteiger partial charge < -0.3 is 9.30 Å². The van der Waals surface area contributed by atoms with Gasteiger partial charge in [-0.15, -0.1) is 0 Å². The van der Waals surface area contributed by atoms with E-state index in [1.807, 2.05) is 42.7 Å². The number of imidazole rings is 1. The number of ether oxygens (including phenoxy) is 1. The molecule has 0 spiro atoms. The SMILES string of the molecule is CCC(COC)n1cnc(-c2ccccc2)c1-c1cccc2nonc12. The molecule has 1 unspecified atom stereocenters. The van der Waals surface area contributed by atoms with Crippen molar-refractivity contribution < 1.29 is 9.37 Å². The van der Waals surface area contributed by atoms with Gasteiger partial charge in [-0.25, -0.2) is 9.61 Å². The lowest BCUT2D eigenvalue weighted by Crippen LogP contribution is -2.14. The minimum atomic E-state index is 0.176. The van der Waals surface area contributed by atoms with Crippen LogP contribution in [0.15, 0.2) is 59.5 Å². The highest BCUT2D eigenvalue weighted by Crippen LogP contribution is 2.36. The van der Waals surface area contributed by atoms with E-state index in [-0.39, 0.29) is 6.04 Å². The van der Waals surface area contributed by atoms with Gasteiger partial charge in [0.05, 0.1) is 30.4 Å². The molecule has 0 aliphatic carbocycles. The number of hydrogen-bond donors (Lipinski definition) is 0. The molecule has 0 fully saturated rings. The number of hydrogen-bond acceptors (Lipinski definition) is 5. The van der Waals surface area contributed by atoms with Gasteiger partial charge in [0.2, 0.25) is 0 Å². The van der Waals surface area contributed by atoms with Gasteiger partial charge in [-0.2, -0.15) is 0 Å². The van der Waals surface area contributed by atoms with Crippen molar-refractivity contribution in [3.8, 4) is 22.5 Å². The Morgan fingerprint density at radius 2 is 1.92 bits per heavy atom. The number of aromatic nitrogens is 4. The van der Waals surface area contributed by atoms with Crippen LogP contribution in [0.4, 0.5) is 0 Å². The Kier molecular flexibility index (Phi) is 4.50. The molecule has 1 atom stereocenters. The van der Waals surface area contributed by atoms with Crippen LogP contribution in [0.2, 0.25) is 0 Å². The molecule has 132 valence electrons. The minimum Gasteiger partial charge on any atom is -0.383 e. The third kappa shape index (κ3) is 2.78. The molecular weight excluding hydrogens is 328 g/mol. The second-order valence-electron chi connectivity index (χ2n) is 6.17. The van der Waals surface area contributed by atoms with Crippen molar-refractivity contribution in [2.24, 2.45) is 0 Å². The van der Waals surface area contributed by atoms with E-state index in [9.17, 15) is 0 Å². The predicted octanol–water partition coefficient (Wildman–Crippen LogP) is 4.35. The fourth-order valence-electron chi connectivity index (χ4n) is 3.30. The molecule has 2 aromatic carbocycles. The van der Waals surface area contributed by atoms with E-state index in [2.05, 4.69) is 33.9 Å². The van der Waals surface area contributed by atoms with E-state index < -0.39 is 0 Å². The summed E-state index contributed by atoms with van der Waals surface area (Å²) in [4.78, 5) is 4.73. The molecule has 26 heavy (non-hydrogen) atoms. The second kappa shape index (κ2) is 7.09. The maximum absolute atomic E-state index is 5.43. The lowest BCUT2D eigenvalue weighted by molar-refractivity contribution is 0.154. The molecule has 0 amide bonds. The number of benzene rings is 2. The fourth-order valence-corrected chi connectivity index (χ4v) is 3.30. The summed E-state index contributed by atoms with van der Waals surface area (Å²) in [6, 6.07) is 16.2. The van der Waals surface area contributed by atoms with Gasteiger partial charge in [0.1, 0.15) is 11.0 Å². The molecule has 6 heteroatoms. The van der Waals surface area contributed by atoms with Crippen LogP contribution in [-0.2, 0) is 4.74 Å². The summed E-state index contributed by atoms with van der Waals surface area (Å²) in [6.07, 6.45) is 2.82. The number of fused-ring (bicyclic) bond motifs is 1. The normalized spacial score (nSPS) is 12.5. The van der Waals surface area contributed by atoms with E-state index >= 15 is 0 Å². The summed E-state index contributed by atoms with van der Waals surface area (Å²) in [5.74, 6) is 0. The molecule has 0 aliphatic heterocycles. The van der Waals surface area contributed by atoms with Gasteiger partial charge in [0.25, 0.3) is 0 Å². The largest absolute Gasteiger partial charge is 0.383 e. The maximum atomic E-state index is 5.43. The molecule has 4 rings (SSSR count). The molecule has 0 saturated heterocycles. The molecule has 4 aromatic rings. The van der Waals surface area contributed by atoms with Crippen LogP contribution in [0.5, 0.6) is 0 Å². The predicted molar refractivity (Wildman–Crippen MR) is 99.7 cm³/mol. The first kappa shape index (κ1) is 16.5. The lowest BCUT2D eigenvalue weighted by Gasteiger charge is -2.19. The first-order valence-corrected chi connectivity index (χ1v) is 8.66. The van der Waals surface area contributed by atoms with Crippen LogP contribution in [0.1, 0.15) is 19.4 Å². The Hall–Kier alpha value is -2.99. The molecule has 2 aromatic heterocycles. The Balaban J connectivity index is 1.98. The summed E-state index contributed by atoms with van der Waals surface area (Å²) in [5.41, 5.74) is 5.39. The van der Waals surface area contributed by atoms with Crippen LogP contribution in [0.3, 0.4) is 0 Å². The van der Waals surface area contributed by atoms with Gasteiger partial charge in [0, 0.05) is 18.2 Å². The van der Waals surface area contributed by atoms with Crippen molar-refractivity contribution in [1.29, 1.82) is 0 Å². The number of rotatable bonds is 6. The second-order valence-corrected chi connectivity index (χ2v) is 6.17. The van der Waals surface area contributed by atoms with Gasteiger partial charge in [0.15, 0.2) is 0 Å². The monoisotopic (exact) mass is 348 g/mol. The molecule has 2 heterocycles. The summed E-state index contributed by atoms with van der Waals surface area (Å²) in [5, 5.41) is 8.11. The Bertz CT molecular complexity index is 1010. The number of nitrogens with zero attached hydrogens (tertiary/aromatic N) is 4. The Morgan fingerprint density at radius 3 is 2.69 bits per heavy atom. The maximum Gasteiger partial charge on any atom is 0.144 e. The Labute approximate surface area is 151 Å². The average Bonchev–Trinajstić information content (AvgIpc) is 3.33. The minimum absolute atomic E-state index is 0.176. The summed E-state index contributed by atoms with van der Waals surface area (Å²) < 4.78 is 12.6. The van der Waals surface area contributed by atoms with E-state index in [1.165, 1.54) is 0 Å². The van der Waals surface area contributed by atoms with Crippen molar-refractivity contribution in [3.63, 3.8) is 0 Å². The zero-order valence-electron chi connectivity index (χ0n) is 14.8. The smallest absolute Gasteiger partial charge is 0.144 e. The number of methoxy groups -OCH3 is 1. The highest BCUT2D eigenvalue weighted by atomic mass is 16.6. The zero-order chi connectivity index (χ0) is 17.9. The van der Waals surface area contributed by atoms with Crippen LogP contribution in [0.25, 0.3) is 33.5 Å². The van der Waals surface area contributed by atoms with Gasteiger partial charge >= 0.3 is 0 Å². The molecule has 6 nitrogen and oxygen atoms in total. The third-order valence-corrected chi connectivity index (χ3v) is 4.61. The summed E-state index contributed by atoms with van der Waals surface area (Å²) in [7, 11) is 1.72. The highest BCUT2D eigenvalue weighted by molar-refractivity contribution is 5.94. The Morgan fingerprint density at radius 1 is 1.08 bits per heavy atom. The van der Waals surface area contributed by atoms with E-state index in [0.29, 0.717) is 6.61 Å². The van der Waals surface area contributed by atoms with Gasteiger partial charge in [-0.3, -0.25) is 0 Å². The first-order chi connectivity index (χ1) is 12.8. The van der Waals surface area contributed by atoms with Crippen molar-refractivity contribution in [2.45, 2.75) is 19.4 Å². The first-order valence-electron chi connectivity index (χ1n) is 8.66. The van der Waals surface area contributed by atoms with Crippen molar-refractivity contribution in [1.82, 2.24) is 19.9 Å². The van der Waals surface area contributed by atoms with E-state index in [0.717, 1.165) is 40.0 Å². The van der Waals surface area contributed by atoms with E-state index in [1.54, 1.807) is 7.11 Å². The van der Waals surface area contributed by atoms with Gasteiger partial charge in [-0.05, 0) is 22.8 Å². The third-order valence-electron chi connectivity index (χ3n) is 4.61. The zero-order valence-corrected chi connectivity index (χ0v) is 14.8. The molecular formula is C20H20N4O2. The molecule has 0 aliphatic rings. The fraction of sp³-hybridized carbons (Fsp3) is 0.250. The van der Waals surface area contributed by atoms with E-state index in [4.69, 9.17) is 14.3 Å². The topological polar surface area (TPSA) is 66.0 Å². The molecule has 0 bridgehead atoms. The highest BCUT2D eigenvalue weighted by Gasteiger charge is 2.22. The average molecular weight is 348 g/mol. The van der Waals surface area contributed by atoms with Crippen molar-refractivity contribution >= 4 is 11.0 Å². The van der Waals surface area contributed by atoms with Crippen LogP contribution < -0.4 is 0 Å². The standard InChI is InChI=1S/C20H20N4O2/c1-3-15(12-25-2)24-13-21-18(14-8-5-4-6-9-14)20(24)16-10-7-11-17-19(16)23-26-22-17/h4-11,13,15H,3,12H2,1-2H3. The van der Waals surface area contributed by atoms with Crippen LogP contribution >= 0.6 is 0 Å². The molecule has 0 radical (unpaired) electrons. The molecule has 0 N–H and O–H groups in total.